The van der Waals surface area contributed by atoms with E-state index in [2.05, 4.69) is 37.9 Å². The van der Waals surface area contributed by atoms with Crippen LogP contribution in [0.2, 0.25) is 0 Å². The number of thiophene rings is 1. The third kappa shape index (κ3) is 2.62. The molecule has 1 fully saturated rings. The van der Waals surface area contributed by atoms with Crippen molar-refractivity contribution in [1.29, 1.82) is 0 Å². The average Bonchev–Trinajstić information content (AvgIpc) is 3.19. The van der Waals surface area contributed by atoms with E-state index in [0.29, 0.717) is 0 Å². The summed E-state index contributed by atoms with van der Waals surface area (Å²) >= 11 is 1.81. The van der Waals surface area contributed by atoms with Gasteiger partial charge < -0.3 is 0 Å². The molecule has 3 heterocycles. The van der Waals surface area contributed by atoms with E-state index in [4.69, 9.17) is 0 Å². The van der Waals surface area contributed by atoms with Crippen LogP contribution in [0.1, 0.15) is 48.8 Å². The zero-order valence-corrected chi connectivity index (χ0v) is 13.0. The number of fused-ring (bicyclic) bond motifs is 1. The molecule has 2 aromatic rings. The highest BCUT2D eigenvalue weighted by Crippen LogP contribution is 2.35. The monoisotopic (exact) mass is 303 g/mol. The Hall–Kier alpha value is -1.27. The van der Waals surface area contributed by atoms with Crippen LogP contribution in [0.4, 0.5) is 0 Å². The maximum absolute atomic E-state index is 4.30. The lowest BCUT2D eigenvalue weighted by Gasteiger charge is -2.37. The predicted molar refractivity (Wildman–Crippen MR) is 82.1 cm³/mol. The Morgan fingerprint density at radius 3 is 2.90 bits per heavy atom. The second-order valence-electron chi connectivity index (χ2n) is 6.18. The highest BCUT2D eigenvalue weighted by molar-refractivity contribution is 7.10. The fraction of sp³-hybridized carbons (Fsp3) is 0.667. The minimum absolute atomic E-state index is 0.246. The lowest BCUT2D eigenvalue weighted by Crippen LogP contribution is -2.41. The Morgan fingerprint density at radius 1 is 1.19 bits per heavy atom. The first-order valence-electron chi connectivity index (χ1n) is 7.95. The molecule has 1 aliphatic heterocycles. The van der Waals surface area contributed by atoms with Gasteiger partial charge in [0.1, 0.15) is 6.04 Å². The number of tetrazole rings is 1. The van der Waals surface area contributed by atoms with E-state index in [9.17, 15) is 0 Å². The van der Waals surface area contributed by atoms with Gasteiger partial charge in [-0.05, 0) is 40.6 Å². The van der Waals surface area contributed by atoms with Gasteiger partial charge in [0.2, 0.25) is 0 Å². The number of aromatic nitrogens is 4. The molecule has 2 aliphatic rings. The number of hydrogen-bond donors (Lipinski definition) is 0. The Kier molecular flexibility index (Phi) is 3.73. The molecule has 0 spiro atoms. The molecule has 2 aromatic heterocycles. The normalized spacial score (nSPS) is 24.1. The standard InChI is InChI=1S/C15H21N5S/c1-2-5-12(6-3-1)11-19-8-9-20-15(16-17-18-20)14(19)13-7-4-10-21-13/h4,7,10,12,14H,1-3,5-6,8-9,11H2/t14-/m0/s1. The molecule has 0 unspecified atom stereocenters. The van der Waals surface area contributed by atoms with Crippen molar-refractivity contribution in [3.05, 3.63) is 28.2 Å². The van der Waals surface area contributed by atoms with E-state index in [1.165, 1.54) is 43.5 Å². The maximum atomic E-state index is 4.30. The molecule has 0 amide bonds. The molecule has 1 saturated carbocycles. The van der Waals surface area contributed by atoms with E-state index in [-0.39, 0.29) is 6.04 Å². The van der Waals surface area contributed by atoms with Crippen molar-refractivity contribution in [3.63, 3.8) is 0 Å². The van der Waals surface area contributed by atoms with Crippen molar-refractivity contribution >= 4 is 11.3 Å². The zero-order valence-electron chi connectivity index (χ0n) is 12.2. The minimum atomic E-state index is 0.246. The molecule has 6 heteroatoms. The first-order valence-corrected chi connectivity index (χ1v) is 8.83. The van der Waals surface area contributed by atoms with Gasteiger partial charge in [-0.15, -0.1) is 16.4 Å². The lowest BCUT2D eigenvalue weighted by molar-refractivity contribution is 0.134. The topological polar surface area (TPSA) is 46.8 Å². The van der Waals surface area contributed by atoms with E-state index >= 15 is 0 Å². The smallest absolute Gasteiger partial charge is 0.173 e. The number of rotatable bonds is 3. The first kappa shape index (κ1) is 13.4. The SMILES string of the molecule is c1csc([C@H]2c3nnnn3CCN2CC2CCCCC2)c1. The molecule has 1 aliphatic carbocycles. The molecule has 0 N–H and O–H groups in total. The quantitative estimate of drug-likeness (QED) is 0.874. The lowest BCUT2D eigenvalue weighted by atomic mass is 9.88. The summed E-state index contributed by atoms with van der Waals surface area (Å²) in [6.45, 7) is 3.16. The highest BCUT2D eigenvalue weighted by atomic mass is 32.1. The van der Waals surface area contributed by atoms with Crippen molar-refractivity contribution in [2.45, 2.75) is 44.7 Å². The van der Waals surface area contributed by atoms with Crippen LogP contribution < -0.4 is 0 Å². The van der Waals surface area contributed by atoms with Crippen LogP contribution in [-0.4, -0.2) is 38.2 Å². The van der Waals surface area contributed by atoms with Crippen molar-refractivity contribution in [1.82, 2.24) is 25.1 Å². The fourth-order valence-electron chi connectivity index (χ4n) is 3.73. The van der Waals surface area contributed by atoms with Crippen molar-refractivity contribution < 1.29 is 0 Å². The van der Waals surface area contributed by atoms with E-state index in [0.717, 1.165) is 24.8 Å². The molecule has 5 nitrogen and oxygen atoms in total. The summed E-state index contributed by atoms with van der Waals surface area (Å²) in [5.74, 6) is 1.86. The highest BCUT2D eigenvalue weighted by Gasteiger charge is 2.33. The number of nitrogens with zero attached hydrogens (tertiary/aromatic N) is 5. The second-order valence-corrected chi connectivity index (χ2v) is 7.16. The zero-order chi connectivity index (χ0) is 14.1. The minimum Gasteiger partial charge on any atom is -0.287 e. The largest absolute Gasteiger partial charge is 0.287 e. The van der Waals surface area contributed by atoms with E-state index in [1.807, 2.05) is 16.0 Å². The Balaban J connectivity index is 1.60. The van der Waals surface area contributed by atoms with Gasteiger partial charge in [-0.2, -0.15) is 0 Å². The summed E-state index contributed by atoms with van der Waals surface area (Å²) in [4.78, 5) is 3.97. The van der Waals surface area contributed by atoms with Gasteiger partial charge in [-0.25, -0.2) is 4.68 Å². The molecule has 0 saturated heterocycles. The van der Waals surface area contributed by atoms with Gasteiger partial charge >= 0.3 is 0 Å². The maximum Gasteiger partial charge on any atom is 0.173 e. The summed E-state index contributed by atoms with van der Waals surface area (Å²) in [5, 5.41) is 14.5. The molecule has 21 heavy (non-hydrogen) atoms. The second kappa shape index (κ2) is 5.85. The van der Waals surface area contributed by atoms with Crippen molar-refractivity contribution in [2.75, 3.05) is 13.1 Å². The van der Waals surface area contributed by atoms with Gasteiger partial charge in [0.15, 0.2) is 5.82 Å². The van der Waals surface area contributed by atoms with Crippen molar-refractivity contribution in [3.8, 4) is 0 Å². The van der Waals surface area contributed by atoms with E-state index < -0.39 is 0 Å². The summed E-state index contributed by atoms with van der Waals surface area (Å²) < 4.78 is 1.97. The Bertz CT molecular complexity index is 573. The van der Waals surface area contributed by atoms with Crippen LogP contribution in [0.3, 0.4) is 0 Å². The summed E-state index contributed by atoms with van der Waals surface area (Å²) in [6.07, 6.45) is 7.00. The van der Waals surface area contributed by atoms with Gasteiger partial charge in [0.05, 0.1) is 6.54 Å². The Labute approximate surface area is 129 Å². The summed E-state index contributed by atoms with van der Waals surface area (Å²) in [6, 6.07) is 4.59. The fourth-order valence-corrected chi connectivity index (χ4v) is 4.59. The molecular weight excluding hydrogens is 282 g/mol. The number of hydrogen-bond acceptors (Lipinski definition) is 5. The molecule has 4 rings (SSSR count). The van der Waals surface area contributed by atoms with Crippen LogP contribution in [-0.2, 0) is 6.54 Å². The van der Waals surface area contributed by atoms with Gasteiger partial charge in [-0.1, -0.05) is 25.3 Å². The van der Waals surface area contributed by atoms with Crippen LogP contribution in [0.15, 0.2) is 17.5 Å². The van der Waals surface area contributed by atoms with Gasteiger partial charge in [-0.3, -0.25) is 4.90 Å². The van der Waals surface area contributed by atoms with Crippen LogP contribution in [0.5, 0.6) is 0 Å². The third-order valence-electron chi connectivity index (χ3n) is 4.80. The molecule has 0 bridgehead atoms. The first-order chi connectivity index (χ1) is 10.4. The third-order valence-corrected chi connectivity index (χ3v) is 5.72. The molecule has 1 atom stereocenters. The average molecular weight is 303 g/mol. The molecular formula is C15H21N5S. The van der Waals surface area contributed by atoms with Crippen LogP contribution >= 0.6 is 11.3 Å². The molecule has 0 aromatic carbocycles. The van der Waals surface area contributed by atoms with Crippen LogP contribution in [0.25, 0.3) is 0 Å². The molecule has 0 radical (unpaired) electrons. The summed E-state index contributed by atoms with van der Waals surface area (Å²) in [5.41, 5.74) is 0. The van der Waals surface area contributed by atoms with Crippen molar-refractivity contribution in [2.24, 2.45) is 5.92 Å². The predicted octanol–water partition coefficient (Wildman–Crippen LogP) is 2.72. The van der Waals surface area contributed by atoms with Gasteiger partial charge in [0, 0.05) is 18.0 Å². The molecule has 112 valence electrons. The van der Waals surface area contributed by atoms with Gasteiger partial charge in [0.25, 0.3) is 0 Å². The Morgan fingerprint density at radius 2 is 2.10 bits per heavy atom. The van der Waals surface area contributed by atoms with E-state index in [1.54, 1.807) is 0 Å². The van der Waals surface area contributed by atoms with Crippen LogP contribution in [0, 0.1) is 5.92 Å². The summed E-state index contributed by atoms with van der Waals surface area (Å²) in [7, 11) is 0.